The second-order valence-electron chi connectivity index (χ2n) is 4.89. The molecule has 1 aliphatic rings. The topological polar surface area (TPSA) is 56.5 Å². The van der Waals surface area contributed by atoms with Crippen LogP contribution in [0.15, 0.2) is 10.6 Å². The van der Waals surface area contributed by atoms with E-state index in [2.05, 4.69) is 10.3 Å². The van der Waals surface area contributed by atoms with Gasteiger partial charge in [0.05, 0.1) is 12.8 Å². The van der Waals surface area contributed by atoms with Gasteiger partial charge in [-0.05, 0) is 25.8 Å². The number of hydrogen-bond donors (Lipinski definition) is 1. The quantitative estimate of drug-likeness (QED) is 0.728. The molecule has 1 fully saturated rings. The van der Waals surface area contributed by atoms with Gasteiger partial charge in [0.2, 0.25) is 0 Å². The van der Waals surface area contributed by atoms with E-state index in [1.165, 1.54) is 0 Å². The van der Waals surface area contributed by atoms with Gasteiger partial charge in [0, 0.05) is 39.2 Å². The zero-order valence-electron chi connectivity index (χ0n) is 11.7. The number of nitrogens with one attached hydrogen (secondary N) is 1. The van der Waals surface area contributed by atoms with Crippen molar-refractivity contribution >= 4 is 0 Å². The van der Waals surface area contributed by atoms with Crippen molar-refractivity contribution in [3.05, 3.63) is 17.8 Å². The standard InChI is InChI=1S/C14H24N2O3/c1-17-10-7-15-6-2-3-14-16-11-13(19-14)12-4-8-18-9-5-12/h11-12,15H,2-10H2,1H3. The fourth-order valence-electron chi connectivity index (χ4n) is 2.27. The summed E-state index contributed by atoms with van der Waals surface area (Å²) in [5.41, 5.74) is 0. The van der Waals surface area contributed by atoms with Crippen LogP contribution in [-0.2, 0) is 15.9 Å². The summed E-state index contributed by atoms with van der Waals surface area (Å²) in [6.07, 6.45) is 5.92. The zero-order valence-corrected chi connectivity index (χ0v) is 11.7. The van der Waals surface area contributed by atoms with Crippen LogP contribution < -0.4 is 5.32 Å². The molecule has 19 heavy (non-hydrogen) atoms. The van der Waals surface area contributed by atoms with Crippen LogP contribution in [0.3, 0.4) is 0 Å². The first-order valence-corrected chi connectivity index (χ1v) is 7.12. The number of methoxy groups -OCH3 is 1. The van der Waals surface area contributed by atoms with Crippen LogP contribution in [0.2, 0.25) is 0 Å². The predicted octanol–water partition coefficient (Wildman–Crippen LogP) is 1.74. The van der Waals surface area contributed by atoms with Gasteiger partial charge in [-0.3, -0.25) is 0 Å². The molecular formula is C14H24N2O3. The van der Waals surface area contributed by atoms with Crippen molar-refractivity contribution < 1.29 is 13.9 Å². The van der Waals surface area contributed by atoms with Crippen molar-refractivity contribution in [3.8, 4) is 0 Å². The first-order valence-electron chi connectivity index (χ1n) is 7.12. The number of nitrogens with zero attached hydrogens (tertiary/aromatic N) is 1. The molecule has 0 amide bonds. The number of rotatable bonds is 8. The highest BCUT2D eigenvalue weighted by molar-refractivity contribution is 5.02. The summed E-state index contributed by atoms with van der Waals surface area (Å²) < 4.78 is 16.2. The van der Waals surface area contributed by atoms with Gasteiger partial charge in [0.25, 0.3) is 0 Å². The molecule has 0 spiro atoms. The fourth-order valence-corrected chi connectivity index (χ4v) is 2.27. The summed E-state index contributed by atoms with van der Waals surface area (Å²) in [5.74, 6) is 2.38. The van der Waals surface area contributed by atoms with Gasteiger partial charge in [0.15, 0.2) is 5.89 Å². The number of ether oxygens (including phenoxy) is 2. The van der Waals surface area contributed by atoms with Crippen LogP contribution >= 0.6 is 0 Å². The molecule has 0 unspecified atom stereocenters. The largest absolute Gasteiger partial charge is 0.445 e. The van der Waals surface area contributed by atoms with E-state index >= 15 is 0 Å². The lowest BCUT2D eigenvalue weighted by Gasteiger charge is -2.19. The summed E-state index contributed by atoms with van der Waals surface area (Å²) in [4.78, 5) is 4.37. The summed E-state index contributed by atoms with van der Waals surface area (Å²) >= 11 is 0. The first-order chi connectivity index (χ1) is 9.40. The molecule has 1 aliphatic heterocycles. The molecule has 5 nitrogen and oxygen atoms in total. The molecule has 1 aromatic rings. The van der Waals surface area contributed by atoms with Crippen LogP contribution in [0.1, 0.15) is 36.8 Å². The number of aryl methyl sites for hydroxylation is 1. The number of aromatic nitrogens is 1. The predicted molar refractivity (Wildman–Crippen MR) is 72.4 cm³/mol. The fraction of sp³-hybridized carbons (Fsp3) is 0.786. The molecular weight excluding hydrogens is 244 g/mol. The molecule has 0 aliphatic carbocycles. The minimum Gasteiger partial charge on any atom is -0.445 e. The molecule has 5 heteroatoms. The Morgan fingerprint density at radius 2 is 2.21 bits per heavy atom. The Kier molecular flexibility index (Phi) is 6.33. The normalized spacial score (nSPS) is 16.9. The molecule has 0 saturated carbocycles. The molecule has 2 rings (SSSR count). The van der Waals surface area contributed by atoms with Gasteiger partial charge < -0.3 is 19.2 Å². The third-order valence-corrected chi connectivity index (χ3v) is 3.42. The van der Waals surface area contributed by atoms with Gasteiger partial charge in [-0.1, -0.05) is 0 Å². The van der Waals surface area contributed by atoms with E-state index < -0.39 is 0 Å². The van der Waals surface area contributed by atoms with Crippen molar-refractivity contribution in [3.63, 3.8) is 0 Å². The van der Waals surface area contributed by atoms with Gasteiger partial charge in [0.1, 0.15) is 5.76 Å². The number of hydrogen-bond acceptors (Lipinski definition) is 5. The van der Waals surface area contributed by atoms with E-state index in [9.17, 15) is 0 Å². The van der Waals surface area contributed by atoms with E-state index in [0.29, 0.717) is 5.92 Å². The maximum Gasteiger partial charge on any atom is 0.194 e. The molecule has 0 bridgehead atoms. The monoisotopic (exact) mass is 268 g/mol. The van der Waals surface area contributed by atoms with Gasteiger partial charge >= 0.3 is 0 Å². The van der Waals surface area contributed by atoms with Gasteiger partial charge in [-0.25, -0.2) is 4.98 Å². The maximum atomic E-state index is 5.83. The van der Waals surface area contributed by atoms with Crippen LogP contribution in [0.5, 0.6) is 0 Å². The van der Waals surface area contributed by atoms with Crippen LogP contribution in [0.4, 0.5) is 0 Å². The van der Waals surface area contributed by atoms with E-state index in [1.54, 1.807) is 7.11 Å². The molecule has 108 valence electrons. The minimum atomic E-state index is 0.495. The second-order valence-corrected chi connectivity index (χ2v) is 4.89. The lowest BCUT2D eigenvalue weighted by Crippen LogP contribution is -2.20. The van der Waals surface area contributed by atoms with Crippen LogP contribution in [-0.4, -0.2) is 45.0 Å². The van der Waals surface area contributed by atoms with E-state index in [0.717, 1.165) is 70.2 Å². The van der Waals surface area contributed by atoms with Crippen molar-refractivity contribution in [1.29, 1.82) is 0 Å². The van der Waals surface area contributed by atoms with Crippen LogP contribution in [0.25, 0.3) is 0 Å². The highest BCUT2D eigenvalue weighted by Crippen LogP contribution is 2.27. The molecule has 2 heterocycles. The highest BCUT2D eigenvalue weighted by atomic mass is 16.5. The SMILES string of the molecule is COCCNCCCc1ncc(C2CCOCC2)o1. The van der Waals surface area contributed by atoms with Crippen molar-refractivity contribution in [1.82, 2.24) is 10.3 Å². The molecule has 0 radical (unpaired) electrons. The van der Waals surface area contributed by atoms with Crippen molar-refractivity contribution in [2.75, 3.05) is 40.0 Å². The molecule has 0 atom stereocenters. The Bertz CT molecular complexity index is 348. The molecule has 1 N–H and O–H groups in total. The highest BCUT2D eigenvalue weighted by Gasteiger charge is 2.19. The molecule has 1 aromatic heterocycles. The smallest absolute Gasteiger partial charge is 0.194 e. The lowest BCUT2D eigenvalue weighted by molar-refractivity contribution is 0.0803. The maximum absolute atomic E-state index is 5.83. The second kappa shape index (κ2) is 8.30. The third kappa shape index (κ3) is 4.93. The Labute approximate surface area is 114 Å². The van der Waals surface area contributed by atoms with Crippen LogP contribution in [0, 0.1) is 0 Å². The summed E-state index contributed by atoms with van der Waals surface area (Å²) in [5, 5.41) is 3.32. The summed E-state index contributed by atoms with van der Waals surface area (Å²) in [6.45, 7) is 4.30. The Morgan fingerprint density at radius 3 is 3.00 bits per heavy atom. The minimum absolute atomic E-state index is 0.495. The summed E-state index contributed by atoms with van der Waals surface area (Å²) in [7, 11) is 1.71. The van der Waals surface area contributed by atoms with Gasteiger partial charge in [-0.2, -0.15) is 0 Å². The average molecular weight is 268 g/mol. The van der Waals surface area contributed by atoms with E-state index in [-0.39, 0.29) is 0 Å². The van der Waals surface area contributed by atoms with Gasteiger partial charge in [-0.15, -0.1) is 0 Å². The van der Waals surface area contributed by atoms with Crippen molar-refractivity contribution in [2.45, 2.75) is 31.6 Å². The third-order valence-electron chi connectivity index (χ3n) is 3.42. The van der Waals surface area contributed by atoms with E-state index in [1.807, 2.05) is 6.20 Å². The Balaban J connectivity index is 1.66. The molecule has 1 saturated heterocycles. The zero-order chi connectivity index (χ0) is 13.3. The lowest BCUT2D eigenvalue weighted by atomic mass is 9.98. The Morgan fingerprint density at radius 1 is 1.37 bits per heavy atom. The Hall–Kier alpha value is -0.910. The average Bonchev–Trinajstić information content (AvgIpc) is 2.92. The van der Waals surface area contributed by atoms with Crippen molar-refractivity contribution in [2.24, 2.45) is 0 Å². The molecule has 0 aromatic carbocycles. The number of oxazole rings is 1. The van der Waals surface area contributed by atoms with E-state index in [4.69, 9.17) is 13.9 Å². The summed E-state index contributed by atoms with van der Waals surface area (Å²) in [6, 6.07) is 0. The first kappa shape index (κ1) is 14.5.